The normalized spacial score (nSPS) is 18.6. The molecule has 0 aliphatic carbocycles. The number of carbonyl (C=O) groups is 2. The third-order valence-corrected chi connectivity index (χ3v) is 5.14. The van der Waals surface area contributed by atoms with Gasteiger partial charge in [-0.15, -0.1) is 24.8 Å². The van der Waals surface area contributed by atoms with Gasteiger partial charge in [0, 0.05) is 45.7 Å². The minimum Gasteiger partial charge on any atom is -0.385 e. The fourth-order valence-corrected chi connectivity index (χ4v) is 3.81. The molecule has 154 valence electrons. The van der Waals surface area contributed by atoms with Gasteiger partial charge in [-0.25, -0.2) is 9.78 Å². The number of ether oxygens (including phenoxy) is 1. The second-order valence-corrected chi connectivity index (χ2v) is 6.67. The van der Waals surface area contributed by atoms with Crippen molar-refractivity contribution in [1.82, 2.24) is 24.7 Å². The number of carbonyl (C=O) groups excluding carboxylic acids is 2. The van der Waals surface area contributed by atoms with Crippen molar-refractivity contribution in [3.63, 3.8) is 0 Å². The standard InChI is InChI=1S/C17H27N5O3.2ClH/c1-25-13-3-11-22-16(24)21(10-2-9-20-12-8-19-14-20)15(23)17(22)4-6-18-7-5-17;;/h8,12,14,18H,2-7,9-11,13H2,1H3;2*1H. The van der Waals surface area contributed by atoms with Crippen LogP contribution in [0.5, 0.6) is 0 Å². The number of amides is 3. The Bertz CT molecular complexity index is 593. The molecule has 2 saturated heterocycles. The van der Waals surface area contributed by atoms with Gasteiger partial charge in [0.2, 0.25) is 0 Å². The van der Waals surface area contributed by atoms with Crippen molar-refractivity contribution in [1.29, 1.82) is 0 Å². The second-order valence-electron chi connectivity index (χ2n) is 6.67. The maximum atomic E-state index is 13.1. The van der Waals surface area contributed by atoms with Gasteiger partial charge in [-0.05, 0) is 38.8 Å². The number of hydrogen-bond acceptors (Lipinski definition) is 5. The van der Waals surface area contributed by atoms with Gasteiger partial charge < -0.3 is 19.5 Å². The lowest BCUT2D eigenvalue weighted by molar-refractivity contribution is -0.134. The van der Waals surface area contributed by atoms with E-state index in [9.17, 15) is 9.59 Å². The van der Waals surface area contributed by atoms with E-state index in [1.54, 1.807) is 24.5 Å². The number of urea groups is 1. The van der Waals surface area contributed by atoms with Gasteiger partial charge in [0.15, 0.2) is 0 Å². The lowest BCUT2D eigenvalue weighted by atomic mass is 9.86. The molecule has 2 aliphatic rings. The van der Waals surface area contributed by atoms with Crippen LogP contribution in [-0.2, 0) is 16.1 Å². The number of nitrogens with zero attached hydrogens (tertiary/aromatic N) is 4. The molecule has 3 heterocycles. The third-order valence-electron chi connectivity index (χ3n) is 5.14. The van der Waals surface area contributed by atoms with Crippen LogP contribution in [0.1, 0.15) is 25.7 Å². The molecule has 10 heteroatoms. The first kappa shape index (κ1) is 23.7. The van der Waals surface area contributed by atoms with Crippen LogP contribution in [0.25, 0.3) is 0 Å². The van der Waals surface area contributed by atoms with E-state index in [1.807, 2.05) is 10.8 Å². The molecule has 3 amide bonds. The molecule has 2 fully saturated rings. The molecule has 0 atom stereocenters. The molecule has 0 radical (unpaired) electrons. The van der Waals surface area contributed by atoms with E-state index in [0.29, 0.717) is 32.5 Å². The van der Waals surface area contributed by atoms with Crippen LogP contribution < -0.4 is 5.32 Å². The second kappa shape index (κ2) is 10.8. The third kappa shape index (κ3) is 4.93. The molecule has 1 aromatic heterocycles. The number of rotatable bonds is 8. The Morgan fingerprint density at radius 3 is 2.52 bits per heavy atom. The van der Waals surface area contributed by atoms with E-state index in [1.165, 1.54) is 4.90 Å². The number of halogens is 2. The maximum Gasteiger partial charge on any atom is 0.327 e. The van der Waals surface area contributed by atoms with E-state index in [4.69, 9.17) is 4.74 Å². The molecular weight excluding hydrogens is 393 g/mol. The topological polar surface area (TPSA) is 79.7 Å². The Balaban J connectivity index is 0.00000182. The SMILES string of the molecule is COCCCN1C(=O)N(CCCn2ccnc2)C(=O)C12CCNCC2.Cl.Cl. The summed E-state index contributed by atoms with van der Waals surface area (Å²) >= 11 is 0. The molecule has 2 aliphatic heterocycles. The first-order valence-corrected chi connectivity index (χ1v) is 8.98. The van der Waals surface area contributed by atoms with Crippen LogP contribution in [-0.4, -0.2) is 76.7 Å². The zero-order valence-electron chi connectivity index (χ0n) is 15.6. The molecule has 1 spiro atoms. The van der Waals surface area contributed by atoms with Gasteiger partial charge in [0.05, 0.1) is 6.33 Å². The predicted octanol–water partition coefficient (Wildman–Crippen LogP) is 1.54. The predicted molar refractivity (Wildman–Crippen MR) is 106 cm³/mol. The molecule has 0 unspecified atom stereocenters. The Labute approximate surface area is 172 Å². The molecule has 0 aromatic carbocycles. The largest absolute Gasteiger partial charge is 0.385 e. The van der Waals surface area contributed by atoms with Gasteiger partial charge in [-0.2, -0.15) is 0 Å². The van der Waals surface area contributed by atoms with Gasteiger partial charge in [0.25, 0.3) is 5.91 Å². The summed E-state index contributed by atoms with van der Waals surface area (Å²) < 4.78 is 7.08. The van der Waals surface area contributed by atoms with Gasteiger partial charge >= 0.3 is 6.03 Å². The number of methoxy groups -OCH3 is 1. The Hall–Kier alpha value is -1.35. The van der Waals surface area contributed by atoms with E-state index < -0.39 is 5.54 Å². The number of piperidine rings is 1. The molecule has 0 saturated carbocycles. The van der Waals surface area contributed by atoms with Crippen molar-refractivity contribution < 1.29 is 14.3 Å². The quantitative estimate of drug-likeness (QED) is 0.508. The van der Waals surface area contributed by atoms with E-state index in [-0.39, 0.29) is 36.8 Å². The summed E-state index contributed by atoms with van der Waals surface area (Å²) in [6.07, 6.45) is 8.21. The highest BCUT2D eigenvalue weighted by atomic mass is 35.5. The molecule has 8 nitrogen and oxygen atoms in total. The van der Waals surface area contributed by atoms with Crippen LogP contribution in [0.2, 0.25) is 0 Å². The minimum absolute atomic E-state index is 0. The van der Waals surface area contributed by atoms with Crippen LogP contribution in [0.4, 0.5) is 4.79 Å². The summed E-state index contributed by atoms with van der Waals surface area (Å²) in [7, 11) is 1.65. The number of hydrogen-bond donors (Lipinski definition) is 1. The highest BCUT2D eigenvalue weighted by Gasteiger charge is 2.56. The Morgan fingerprint density at radius 1 is 1.15 bits per heavy atom. The van der Waals surface area contributed by atoms with Crippen molar-refractivity contribution in [3.05, 3.63) is 18.7 Å². The lowest BCUT2D eigenvalue weighted by Gasteiger charge is -2.38. The smallest absolute Gasteiger partial charge is 0.327 e. The van der Waals surface area contributed by atoms with Crippen LogP contribution in [0.15, 0.2) is 18.7 Å². The van der Waals surface area contributed by atoms with Crippen molar-refractivity contribution >= 4 is 36.8 Å². The lowest BCUT2D eigenvalue weighted by Crippen LogP contribution is -2.56. The molecule has 27 heavy (non-hydrogen) atoms. The van der Waals surface area contributed by atoms with Crippen molar-refractivity contribution in [3.8, 4) is 0 Å². The Morgan fingerprint density at radius 2 is 1.89 bits per heavy atom. The fourth-order valence-electron chi connectivity index (χ4n) is 3.81. The van der Waals surface area contributed by atoms with Gasteiger partial charge in [-0.1, -0.05) is 0 Å². The summed E-state index contributed by atoms with van der Waals surface area (Å²) in [4.78, 5) is 33.3. The number of imide groups is 1. The van der Waals surface area contributed by atoms with Crippen LogP contribution >= 0.6 is 24.8 Å². The first-order valence-electron chi connectivity index (χ1n) is 8.98. The number of imidazole rings is 1. The van der Waals surface area contributed by atoms with Crippen molar-refractivity contribution in [2.75, 3.05) is 39.9 Å². The monoisotopic (exact) mass is 421 g/mol. The van der Waals surface area contributed by atoms with E-state index in [2.05, 4.69) is 10.3 Å². The average molecular weight is 422 g/mol. The molecule has 1 N–H and O–H groups in total. The summed E-state index contributed by atoms with van der Waals surface area (Å²) in [6, 6.07) is -0.145. The van der Waals surface area contributed by atoms with Crippen molar-refractivity contribution in [2.24, 2.45) is 0 Å². The number of aryl methyl sites for hydroxylation is 1. The number of aromatic nitrogens is 2. The van der Waals surface area contributed by atoms with E-state index >= 15 is 0 Å². The summed E-state index contributed by atoms with van der Waals surface area (Å²) in [5, 5.41) is 3.29. The zero-order valence-corrected chi connectivity index (χ0v) is 17.3. The summed E-state index contributed by atoms with van der Waals surface area (Å²) in [6.45, 7) is 3.88. The minimum atomic E-state index is -0.662. The number of nitrogens with one attached hydrogen (secondary N) is 1. The van der Waals surface area contributed by atoms with Gasteiger partial charge in [0.1, 0.15) is 5.54 Å². The van der Waals surface area contributed by atoms with Gasteiger partial charge in [-0.3, -0.25) is 9.69 Å². The highest BCUT2D eigenvalue weighted by molar-refractivity contribution is 6.07. The molecule has 0 bridgehead atoms. The summed E-state index contributed by atoms with van der Waals surface area (Å²) in [5.41, 5.74) is -0.662. The molecular formula is C17H29Cl2N5O3. The fraction of sp³-hybridized carbons (Fsp3) is 0.706. The average Bonchev–Trinajstić information content (AvgIpc) is 3.20. The maximum absolute atomic E-state index is 13.1. The first-order chi connectivity index (χ1) is 12.2. The zero-order chi connectivity index (χ0) is 17.7. The van der Waals surface area contributed by atoms with Crippen LogP contribution in [0, 0.1) is 0 Å². The highest BCUT2D eigenvalue weighted by Crippen LogP contribution is 2.35. The van der Waals surface area contributed by atoms with E-state index in [0.717, 1.165) is 32.5 Å². The Kier molecular flexibility index (Phi) is 9.52. The summed E-state index contributed by atoms with van der Waals surface area (Å²) in [5.74, 6) is -0.0259. The molecule has 1 aromatic rings. The molecule has 3 rings (SSSR count). The van der Waals surface area contributed by atoms with Crippen LogP contribution in [0.3, 0.4) is 0 Å². The van der Waals surface area contributed by atoms with Crippen molar-refractivity contribution in [2.45, 2.75) is 37.8 Å².